The Kier molecular flexibility index (Phi) is 7.19. The van der Waals surface area contributed by atoms with Crippen LogP contribution in [-0.2, 0) is 11.2 Å². The van der Waals surface area contributed by atoms with Crippen molar-refractivity contribution in [2.75, 3.05) is 19.7 Å². The Labute approximate surface area is 138 Å². The van der Waals surface area contributed by atoms with Gasteiger partial charge < -0.3 is 15.4 Å². The summed E-state index contributed by atoms with van der Waals surface area (Å²) in [4.78, 5) is 7.48. The van der Waals surface area contributed by atoms with Crippen molar-refractivity contribution in [2.45, 2.75) is 58.6 Å². The predicted molar refractivity (Wildman–Crippen MR) is 94.9 cm³/mol. The zero-order valence-electron chi connectivity index (χ0n) is 14.0. The zero-order valence-corrected chi connectivity index (χ0v) is 14.8. The highest BCUT2D eigenvalue weighted by Crippen LogP contribution is 2.17. The van der Waals surface area contributed by atoms with Crippen LogP contribution in [0.3, 0.4) is 0 Å². The minimum absolute atomic E-state index is 0.374. The molecule has 2 rings (SSSR count). The van der Waals surface area contributed by atoms with Gasteiger partial charge in [-0.05, 0) is 52.2 Å². The minimum Gasteiger partial charge on any atom is -0.378 e. The predicted octanol–water partition coefficient (Wildman–Crippen LogP) is 3.11. The van der Waals surface area contributed by atoms with Crippen LogP contribution in [0.5, 0.6) is 0 Å². The third-order valence-electron chi connectivity index (χ3n) is 3.78. The Balaban J connectivity index is 1.78. The molecular formula is C17H29N3OS. The first-order chi connectivity index (χ1) is 10.7. The Hall–Kier alpha value is -1.07. The molecule has 22 heavy (non-hydrogen) atoms. The quantitative estimate of drug-likeness (QED) is 0.599. The number of aliphatic imine (C=N–C) groups is 1. The van der Waals surface area contributed by atoms with E-state index in [-0.39, 0.29) is 0 Å². The van der Waals surface area contributed by atoms with Crippen molar-refractivity contribution >= 4 is 17.3 Å². The molecule has 1 aromatic rings. The van der Waals surface area contributed by atoms with Gasteiger partial charge in [-0.3, -0.25) is 4.99 Å². The summed E-state index contributed by atoms with van der Waals surface area (Å²) in [6.07, 6.45) is 4.86. The van der Waals surface area contributed by atoms with Crippen LogP contribution in [0.25, 0.3) is 0 Å². The second-order valence-electron chi connectivity index (χ2n) is 5.95. The third-order valence-corrected chi connectivity index (χ3v) is 4.80. The van der Waals surface area contributed by atoms with Crippen LogP contribution >= 0.6 is 11.3 Å². The first-order valence-corrected chi connectivity index (χ1v) is 9.20. The van der Waals surface area contributed by atoms with Gasteiger partial charge in [-0.25, -0.2) is 0 Å². The molecule has 1 aromatic heterocycles. The average molecular weight is 324 g/mol. The lowest BCUT2D eigenvalue weighted by molar-refractivity contribution is 0.106. The molecule has 0 amide bonds. The Morgan fingerprint density at radius 1 is 1.50 bits per heavy atom. The van der Waals surface area contributed by atoms with Crippen molar-refractivity contribution < 1.29 is 4.74 Å². The molecule has 124 valence electrons. The van der Waals surface area contributed by atoms with Crippen molar-refractivity contribution in [3.63, 3.8) is 0 Å². The maximum absolute atomic E-state index is 5.65. The molecule has 4 nitrogen and oxygen atoms in total. The van der Waals surface area contributed by atoms with Crippen LogP contribution in [0.15, 0.2) is 17.1 Å². The monoisotopic (exact) mass is 323 g/mol. The van der Waals surface area contributed by atoms with E-state index >= 15 is 0 Å². The SMILES string of the molecule is CCNC(=NCCC1CCCO1)NC(C)Cc1ccc(C)s1. The van der Waals surface area contributed by atoms with E-state index in [9.17, 15) is 0 Å². The minimum atomic E-state index is 0.374. The second kappa shape index (κ2) is 9.16. The maximum atomic E-state index is 5.65. The fraction of sp³-hybridized carbons (Fsp3) is 0.706. The lowest BCUT2D eigenvalue weighted by atomic mass is 10.2. The van der Waals surface area contributed by atoms with Gasteiger partial charge >= 0.3 is 0 Å². The average Bonchev–Trinajstić information content (AvgIpc) is 3.11. The number of nitrogens with one attached hydrogen (secondary N) is 2. The summed E-state index contributed by atoms with van der Waals surface area (Å²) in [5, 5.41) is 6.84. The van der Waals surface area contributed by atoms with Crippen molar-refractivity contribution in [3.05, 3.63) is 21.9 Å². The van der Waals surface area contributed by atoms with E-state index in [0.29, 0.717) is 12.1 Å². The topological polar surface area (TPSA) is 45.7 Å². The standard InChI is InChI=1S/C17H29N3OS/c1-4-18-17(19-10-9-15-6-5-11-21-15)20-13(2)12-16-8-7-14(3)22-16/h7-8,13,15H,4-6,9-12H2,1-3H3,(H2,18,19,20). The highest BCUT2D eigenvalue weighted by molar-refractivity contribution is 7.11. The summed E-state index contributed by atoms with van der Waals surface area (Å²) in [6.45, 7) is 9.10. The van der Waals surface area contributed by atoms with Crippen LogP contribution in [0.2, 0.25) is 0 Å². The molecule has 2 unspecified atom stereocenters. The molecule has 1 aliphatic heterocycles. The van der Waals surface area contributed by atoms with E-state index in [1.807, 2.05) is 11.3 Å². The highest BCUT2D eigenvalue weighted by Gasteiger charge is 2.14. The van der Waals surface area contributed by atoms with E-state index < -0.39 is 0 Å². The first-order valence-electron chi connectivity index (χ1n) is 8.39. The number of thiophene rings is 1. The Morgan fingerprint density at radius 2 is 2.36 bits per heavy atom. The summed E-state index contributed by atoms with van der Waals surface area (Å²) in [5.41, 5.74) is 0. The number of nitrogens with zero attached hydrogens (tertiary/aromatic N) is 1. The number of hydrogen-bond donors (Lipinski definition) is 2. The molecule has 0 aromatic carbocycles. The van der Waals surface area contributed by atoms with Crippen molar-refractivity contribution in [2.24, 2.45) is 4.99 Å². The van der Waals surface area contributed by atoms with Gasteiger partial charge in [0.2, 0.25) is 0 Å². The molecule has 0 spiro atoms. The number of guanidine groups is 1. The first kappa shape index (κ1) is 17.3. The molecule has 0 bridgehead atoms. The molecular weight excluding hydrogens is 294 g/mol. The largest absolute Gasteiger partial charge is 0.378 e. The molecule has 0 aliphatic carbocycles. The molecule has 0 radical (unpaired) electrons. The van der Waals surface area contributed by atoms with Crippen molar-refractivity contribution in [1.82, 2.24) is 10.6 Å². The van der Waals surface area contributed by atoms with E-state index in [1.54, 1.807) is 0 Å². The zero-order chi connectivity index (χ0) is 15.8. The van der Waals surface area contributed by atoms with Gasteiger partial charge in [-0.1, -0.05) is 0 Å². The van der Waals surface area contributed by atoms with Gasteiger partial charge in [0, 0.05) is 41.9 Å². The molecule has 1 fully saturated rings. The molecule has 0 saturated carbocycles. The van der Waals surface area contributed by atoms with Crippen molar-refractivity contribution in [1.29, 1.82) is 0 Å². The van der Waals surface area contributed by atoms with Crippen LogP contribution in [0.4, 0.5) is 0 Å². The van der Waals surface area contributed by atoms with Crippen LogP contribution in [0, 0.1) is 6.92 Å². The molecule has 1 aliphatic rings. The lowest BCUT2D eigenvalue weighted by Gasteiger charge is -2.17. The van der Waals surface area contributed by atoms with E-state index in [2.05, 4.69) is 48.5 Å². The normalized spacial score (nSPS) is 20.1. The summed E-state index contributed by atoms with van der Waals surface area (Å²) in [7, 11) is 0. The Bertz CT molecular complexity index is 466. The van der Waals surface area contributed by atoms with Gasteiger partial charge in [0.05, 0.1) is 6.10 Å². The summed E-state index contributed by atoms with van der Waals surface area (Å²) in [6, 6.07) is 4.78. The molecule has 2 N–H and O–H groups in total. The summed E-state index contributed by atoms with van der Waals surface area (Å²) >= 11 is 1.87. The molecule has 5 heteroatoms. The highest BCUT2D eigenvalue weighted by atomic mass is 32.1. The fourth-order valence-electron chi connectivity index (χ4n) is 2.69. The van der Waals surface area contributed by atoms with E-state index in [1.165, 1.54) is 22.6 Å². The molecule has 2 heterocycles. The molecule has 2 atom stereocenters. The fourth-order valence-corrected chi connectivity index (χ4v) is 3.71. The number of hydrogen-bond acceptors (Lipinski definition) is 3. The van der Waals surface area contributed by atoms with Gasteiger partial charge in [0.25, 0.3) is 0 Å². The molecule has 1 saturated heterocycles. The van der Waals surface area contributed by atoms with Crippen LogP contribution in [0.1, 0.15) is 42.9 Å². The van der Waals surface area contributed by atoms with Crippen LogP contribution < -0.4 is 10.6 Å². The van der Waals surface area contributed by atoms with E-state index in [4.69, 9.17) is 4.74 Å². The number of rotatable bonds is 7. The van der Waals surface area contributed by atoms with Crippen LogP contribution in [-0.4, -0.2) is 37.8 Å². The lowest BCUT2D eigenvalue weighted by Crippen LogP contribution is -2.43. The van der Waals surface area contributed by atoms with Gasteiger partial charge in [0.15, 0.2) is 5.96 Å². The van der Waals surface area contributed by atoms with Gasteiger partial charge in [-0.2, -0.15) is 0 Å². The summed E-state index contributed by atoms with van der Waals surface area (Å²) < 4.78 is 5.65. The smallest absolute Gasteiger partial charge is 0.191 e. The number of aryl methyl sites for hydroxylation is 1. The number of ether oxygens (including phenoxy) is 1. The maximum Gasteiger partial charge on any atom is 0.191 e. The van der Waals surface area contributed by atoms with Gasteiger partial charge in [0.1, 0.15) is 0 Å². The Morgan fingerprint density at radius 3 is 3.00 bits per heavy atom. The second-order valence-corrected chi connectivity index (χ2v) is 7.32. The third kappa shape index (κ3) is 5.97. The van der Waals surface area contributed by atoms with Crippen molar-refractivity contribution in [3.8, 4) is 0 Å². The van der Waals surface area contributed by atoms with E-state index in [0.717, 1.165) is 38.5 Å². The summed E-state index contributed by atoms with van der Waals surface area (Å²) in [5.74, 6) is 0.918. The van der Waals surface area contributed by atoms with Gasteiger partial charge in [-0.15, -0.1) is 11.3 Å².